The Labute approximate surface area is 199 Å². The third-order valence-corrected chi connectivity index (χ3v) is 6.23. The Morgan fingerprint density at radius 1 is 0.938 bits per heavy atom. The number of rotatable bonds is 15. The van der Waals surface area contributed by atoms with Crippen LogP contribution in [0.4, 0.5) is 0 Å². The molecule has 32 heavy (non-hydrogen) atoms. The number of unbranched alkanes of at least 4 members (excludes halogenated alkanes) is 4. The molecule has 2 nitrogen and oxygen atoms in total. The van der Waals surface area contributed by atoms with Crippen molar-refractivity contribution in [2.24, 2.45) is 5.41 Å². The molecule has 0 aromatic heterocycles. The predicted octanol–water partition coefficient (Wildman–Crippen LogP) is 9.26. The lowest BCUT2D eigenvalue weighted by atomic mass is 9.72. The van der Waals surface area contributed by atoms with Gasteiger partial charge in [-0.15, -0.1) is 0 Å². The Bertz CT molecular complexity index is 661. The summed E-state index contributed by atoms with van der Waals surface area (Å²) in [5.74, 6) is 0. The van der Waals surface area contributed by atoms with Gasteiger partial charge in [0.05, 0.1) is 13.2 Å². The Morgan fingerprint density at radius 3 is 2.12 bits per heavy atom. The number of hydrogen-bond donors (Lipinski definition) is 0. The van der Waals surface area contributed by atoms with E-state index in [0.717, 1.165) is 26.1 Å². The van der Waals surface area contributed by atoms with Crippen LogP contribution < -0.4 is 0 Å². The molecule has 0 saturated carbocycles. The first-order chi connectivity index (χ1) is 15.3. The Balaban J connectivity index is 2.69. The van der Waals surface area contributed by atoms with Crippen molar-refractivity contribution in [2.75, 3.05) is 13.2 Å². The van der Waals surface area contributed by atoms with E-state index in [2.05, 4.69) is 84.9 Å². The van der Waals surface area contributed by atoms with Crippen LogP contribution in [0.5, 0.6) is 0 Å². The van der Waals surface area contributed by atoms with E-state index in [1.807, 2.05) is 0 Å². The first-order valence-corrected chi connectivity index (χ1v) is 12.9. The summed E-state index contributed by atoms with van der Waals surface area (Å²) in [6, 6.07) is 0. The van der Waals surface area contributed by atoms with Crippen LogP contribution in [0.2, 0.25) is 0 Å². The maximum atomic E-state index is 5.99. The molecule has 0 amide bonds. The molecule has 0 N–H and O–H groups in total. The molecule has 0 bridgehead atoms. The highest BCUT2D eigenvalue weighted by atomic mass is 16.7. The van der Waals surface area contributed by atoms with E-state index >= 15 is 0 Å². The van der Waals surface area contributed by atoms with E-state index in [0.29, 0.717) is 0 Å². The van der Waals surface area contributed by atoms with Crippen molar-refractivity contribution in [3.63, 3.8) is 0 Å². The molecule has 0 aliphatic heterocycles. The van der Waals surface area contributed by atoms with Gasteiger partial charge in [-0.3, -0.25) is 0 Å². The zero-order valence-corrected chi connectivity index (χ0v) is 22.1. The molecule has 0 fully saturated rings. The number of ether oxygens (including phenoxy) is 2. The van der Waals surface area contributed by atoms with Crippen molar-refractivity contribution in [2.45, 2.75) is 113 Å². The summed E-state index contributed by atoms with van der Waals surface area (Å²) in [5, 5.41) is 0. The van der Waals surface area contributed by atoms with Gasteiger partial charge in [0.25, 0.3) is 0 Å². The van der Waals surface area contributed by atoms with Gasteiger partial charge in [-0.25, -0.2) is 0 Å². The van der Waals surface area contributed by atoms with E-state index in [1.54, 1.807) is 5.57 Å². The second kappa shape index (κ2) is 16.3. The molecule has 0 aromatic carbocycles. The van der Waals surface area contributed by atoms with Gasteiger partial charge in [-0.1, -0.05) is 100 Å². The van der Waals surface area contributed by atoms with Crippen LogP contribution in [0.15, 0.2) is 58.7 Å². The van der Waals surface area contributed by atoms with Crippen molar-refractivity contribution in [3.05, 3.63) is 58.7 Å². The van der Waals surface area contributed by atoms with Gasteiger partial charge in [0.1, 0.15) is 0 Å². The molecular weight excluding hydrogens is 392 g/mol. The van der Waals surface area contributed by atoms with Gasteiger partial charge in [-0.05, 0) is 69.9 Å². The number of hydrogen-bond acceptors (Lipinski definition) is 2. The van der Waals surface area contributed by atoms with Crippen molar-refractivity contribution >= 4 is 0 Å². The molecule has 182 valence electrons. The average molecular weight is 443 g/mol. The highest BCUT2D eigenvalue weighted by Crippen LogP contribution is 2.40. The molecular formula is C30H50O2. The quantitative estimate of drug-likeness (QED) is 0.143. The lowest BCUT2D eigenvalue weighted by molar-refractivity contribution is -0.113. The minimum atomic E-state index is -0.248. The molecule has 1 rings (SSSR count). The lowest BCUT2D eigenvalue weighted by Gasteiger charge is -2.32. The summed E-state index contributed by atoms with van der Waals surface area (Å²) in [6.45, 7) is 17.3. The van der Waals surface area contributed by atoms with Gasteiger partial charge in [0.15, 0.2) is 6.29 Å². The minimum absolute atomic E-state index is 0.248. The monoisotopic (exact) mass is 442 g/mol. The Kier molecular flexibility index (Phi) is 14.6. The van der Waals surface area contributed by atoms with Crippen LogP contribution in [-0.4, -0.2) is 19.5 Å². The van der Waals surface area contributed by atoms with Crippen molar-refractivity contribution < 1.29 is 9.47 Å². The molecule has 0 unspecified atom stereocenters. The van der Waals surface area contributed by atoms with Crippen LogP contribution in [0, 0.1) is 5.41 Å². The summed E-state index contributed by atoms with van der Waals surface area (Å²) in [5.41, 5.74) is 5.78. The zero-order valence-electron chi connectivity index (χ0n) is 22.1. The molecule has 0 spiro atoms. The predicted molar refractivity (Wildman–Crippen MR) is 141 cm³/mol. The summed E-state index contributed by atoms with van der Waals surface area (Å²) < 4.78 is 12.0. The van der Waals surface area contributed by atoms with Crippen LogP contribution in [-0.2, 0) is 9.47 Å². The average Bonchev–Trinajstić information content (AvgIpc) is 2.73. The zero-order chi connectivity index (χ0) is 23.8. The van der Waals surface area contributed by atoms with Crippen LogP contribution in [0.25, 0.3) is 0 Å². The van der Waals surface area contributed by atoms with Gasteiger partial charge >= 0.3 is 0 Å². The van der Waals surface area contributed by atoms with E-state index in [-0.39, 0.29) is 11.7 Å². The van der Waals surface area contributed by atoms with E-state index < -0.39 is 0 Å². The fourth-order valence-corrected chi connectivity index (χ4v) is 4.15. The molecule has 0 heterocycles. The van der Waals surface area contributed by atoms with E-state index in [1.165, 1.54) is 61.7 Å². The summed E-state index contributed by atoms with van der Waals surface area (Å²) in [7, 11) is 0. The van der Waals surface area contributed by atoms with Gasteiger partial charge in [-0.2, -0.15) is 0 Å². The third-order valence-electron chi connectivity index (χ3n) is 6.23. The lowest BCUT2D eigenvalue weighted by Crippen LogP contribution is -2.19. The van der Waals surface area contributed by atoms with E-state index in [9.17, 15) is 0 Å². The molecule has 1 aliphatic carbocycles. The second-order valence-electron chi connectivity index (χ2n) is 9.97. The van der Waals surface area contributed by atoms with Crippen LogP contribution in [0.3, 0.4) is 0 Å². The van der Waals surface area contributed by atoms with Gasteiger partial charge < -0.3 is 9.47 Å². The normalized spacial score (nSPS) is 18.0. The summed E-state index contributed by atoms with van der Waals surface area (Å²) >= 11 is 0. The van der Waals surface area contributed by atoms with Crippen molar-refractivity contribution in [1.82, 2.24) is 0 Å². The standard InChI is InChI=1S/C30H50O2/c1-8-10-12-22-31-29(32-23-13-11-9-2)24-26(4)17-14-16-25(3)19-20-28-27(5)18-15-21-30(28,6)7/h14,16-17,19-20,24,29H,8-13,15,18,21-23H2,1-7H3/b17-14+,20-19+,25-16-,26-24-. The van der Waals surface area contributed by atoms with Crippen molar-refractivity contribution in [3.8, 4) is 0 Å². The SMILES string of the molecule is CCCCCOC(\C=C(C)/C=C/C=C(C)\C=C\C1=C(C)CCCC1(C)C)OCCCCC. The Hall–Kier alpha value is -1.38. The smallest absolute Gasteiger partial charge is 0.177 e. The second-order valence-corrected chi connectivity index (χ2v) is 9.97. The van der Waals surface area contributed by atoms with Crippen LogP contribution in [0.1, 0.15) is 106 Å². The molecule has 1 aliphatic rings. The molecule has 0 atom stereocenters. The minimum Gasteiger partial charge on any atom is -0.349 e. The Morgan fingerprint density at radius 2 is 1.56 bits per heavy atom. The first-order valence-electron chi connectivity index (χ1n) is 12.9. The molecule has 0 aromatic rings. The van der Waals surface area contributed by atoms with Gasteiger partial charge in [0.2, 0.25) is 0 Å². The fourth-order valence-electron chi connectivity index (χ4n) is 4.15. The number of allylic oxidation sites excluding steroid dienone is 9. The largest absolute Gasteiger partial charge is 0.349 e. The van der Waals surface area contributed by atoms with E-state index in [4.69, 9.17) is 9.47 Å². The fraction of sp³-hybridized carbons (Fsp3) is 0.667. The van der Waals surface area contributed by atoms with Gasteiger partial charge in [0, 0.05) is 0 Å². The topological polar surface area (TPSA) is 18.5 Å². The highest BCUT2D eigenvalue weighted by molar-refractivity contribution is 5.37. The maximum absolute atomic E-state index is 5.99. The first kappa shape index (κ1) is 28.7. The van der Waals surface area contributed by atoms with Crippen molar-refractivity contribution in [1.29, 1.82) is 0 Å². The molecule has 0 saturated heterocycles. The molecule has 2 heteroatoms. The third kappa shape index (κ3) is 12.0. The molecule has 0 radical (unpaired) electrons. The summed E-state index contributed by atoms with van der Waals surface area (Å²) in [4.78, 5) is 0. The maximum Gasteiger partial charge on any atom is 0.177 e. The van der Waals surface area contributed by atoms with Crippen LogP contribution >= 0.6 is 0 Å². The highest BCUT2D eigenvalue weighted by Gasteiger charge is 2.26. The summed E-state index contributed by atoms with van der Waals surface area (Å²) in [6.07, 6.45) is 23.7.